The summed E-state index contributed by atoms with van der Waals surface area (Å²) in [5, 5.41) is 23.9. The molecule has 0 radical (unpaired) electrons. The number of thioether (sulfide) groups is 1. The van der Waals surface area contributed by atoms with Gasteiger partial charge in [-0.05, 0) is 83.5 Å². The molecule has 0 aliphatic heterocycles. The van der Waals surface area contributed by atoms with Gasteiger partial charge in [0.05, 0.1) is 23.0 Å². The van der Waals surface area contributed by atoms with Crippen LogP contribution in [0.3, 0.4) is 0 Å². The highest BCUT2D eigenvalue weighted by Crippen LogP contribution is 2.31. The predicted octanol–water partition coefficient (Wildman–Crippen LogP) is 6.46. The molecule has 1 amide bonds. The zero-order chi connectivity index (χ0) is 26.4. The quantitative estimate of drug-likeness (QED) is 0.121. The van der Waals surface area contributed by atoms with Crippen molar-refractivity contribution in [1.29, 1.82) is 0 Å². The van der Waals surface area contributed by atoms with E-state index in [4.69, 9.17) is 16.3 Å². The number of nitrogens with one attached hydrogen (secondary N) is 1. The Morgan fingerprint density at radius 1 is 1.16 bits per heavy atom. The summed E-state index contributed by atoms with van der Waals surface area (Å²) in [5.74, 6) is 1.08. The fourth-order valence-corrected chi connectivity index (χ4v) is 5.39. The first-order valence-electron chi connectivity index (χ1n) is 10.9. The van der Waals surface area contributed by atoms with Crippen molar-refractivity contribution in [3.8, 4) is 28.6 Å². The first kappa shape index (κ1) is 27.2. The lowest BCUT2D eigenvalue weighted by atomic mass is 10.2. The molecule has 0 bridgehead atoms. The molecule has 1 heterocycles. The van der Waals surface area contributed by atoms with E-state index < -0.39 is 0 Å². The number of rotatable bonds is 9. The number of carbonyl (C=O) groups excluding carboxylic acids is 1. The van der Waals surface area contributed by atoms with Gasteiger partial charge in [-0.3, -0.25) is 9.36 Å². The molecule has 1 aromatic heterocycles. The minimum Gasteiger partial charge on any atom is -0.506 e. The van der Waals surface area contributed by atoms with Gasteiger partial charge in [0.25, 0.3) is 5.91 Å². The number of phenolic OH excluding ortho intramolecular Hbond substituents is 1. The number of amides is 1. The van der Waals surface area contributed by atoms with E-state index in [9.17, 15) is 9.90 Å². The molecule has 0 spiro atoms. The summed E-state index contributed by atoms with van der Waals surface area (Å²) < 4.78 is 8.69. The number of phenols is 1. The Labute approximate surface area is 239 Å². The highest BCUT2D eigenvalue weighted by Gasteiger charge is 2.17. The molecular formula is C25H20Br2ClN5O3S. The Morgan fingerprint density at radius 3 is 2.59 bits per heavy atom. The third kappa shape index (κ3) is 6.92. The number of hydrogen-bond acceptors (Lipinski definition) is 7. The van der Waals surface area contributed by atoms with E-state index >= 15 is 0 Å². The fourth-order valence-electron chi connectivity index (χ4n) is 3.26. The minimum atomic E-state index is -0.343. The van der Waals surface area contributed by atoms with Crippen molar-refractivity contribution in [3.63, 3.8) is 0 Å². The van der Waals surface area contributed by atoms with Crippen LogP contribution in [-0.4, -0.2) is 44.4 Å². The van der Waals surface area contributed by atoms with Gasteiger partial charge in [0.15, 0.2) is 11.0 Å². The van der Waals surface area contributed by atoms with Crippen LogP contribution in [0.15, 0.2) is 79.9 Å². The first-order chi connectivity index (χ1) is 17.9. The van der Waals surface area contributed by atoms with E-state index in [0.29, 0.717) is 32.6 Å². The van der Waals surface area contributed by atoms with Crippen molar-refractivity contribution >= 4 is 67.3 Å². The number of carbonyl (C=O) groups is 1. The number of nitrogens with zero attached hydrogens (tertiary/aromatic N) is 4. The molecule has 0 aliphatic rings. The molecule has 0 saturated carbocycles. The smallest absolute Gasteiger partial charge is 0.250 e. The standard InChI is InChI=1S/C25H20Br2ClN5O3S/c1-2-36-20-9-7-19(8-10-20)33-24(15-3-5-18(28)6-4-15)31-32-25(33)37-14-22(34)30-29-13-16-11-17(26)12-21(27)23(16)35/h3-13,35H,2,14H2,1H3,(H,30,34). The SMILES string of the molecule is CCOc1ccc(-n2c(SCC(=O)NN=Cc3cc(Br)cc(Br)c3O)nnc2-c2ccc(Cl)cc2)cc1. The molecule has 37 heavy (non-hydrogen) atoms. The maximum Gasteiger partial charge on any atom is 0.250 e. The van der Waals surface area contributed by atoms with Crippen molar-refractivity contribution in [2.24, 2.45) is 5.10 Å². The first-order valence-corrected chi connectivity index (χ1v) is 13.9. The Morgan fingerprint density at radius 2 is 1.89 bits per heavy atom. The monoisotopic (exact) mass is 663 g/mol. The Kier molecular flexibility index (Phi) is 9.25. The van der Waals surface area contributed by atoms with Crippen LogP contribution in [0.5, 0.6) is 11.5 Å². The van der Waals surface area contributed by atoms with Gasteiger partial charge in [0.1, 0.15) is 11.5 Å². The normalized spacial score (nSPS) is 11.1. The molecule has 3 aromatic carbocycles. The van der Waals surface area contributed by atoms with Crippen molar-refractivity contribution in [3.05, 3.63) is 80.2 Å². The highest BCUT2D eigenvalue weighted by atomic mass is 79.9. The third-order valence-corrected chi connectivity index (χ3v) is 7.17. The van der Waals surface area contributed by atoms with Gasteiger partial charge >= 0.3 is 0 Å². The maximum absolute atomic E-state index is 12.5. The van der Waals surface area contributed by atoms with Crippen LogP contribution < -0.4 is 10.2 Å². The molecule has 2 N–H and O–H groups in total. The van der Waals surface area contributed by atoms with E-state index in [2.05, 4.69) is 52.6 Å². The van der Waals surface area contributed by atoms with Crippen molar-refractivity contribution in [1.82, 2.24) is 20.2 Å². The topological polar surface area (TPSA) is 102 Å². The van der Waals surface area contributed by atoms with E-state index in [1.165, 1.54) is 18.0 Å². The summed E-state index contributed by atoms with van der Waals surface area (Å²) in [6.45, 7) is 2.50. The largest absolute Gasteiger partial charge is 0.506 e. The molecular weight excluding hydrogens is 646 g/mol. The molecule has 0 saturated heterocycles. The number of hydrogen-bond donors (Lipinski definition) is 2. The van der Waals surface area contributed by atoms with Gasteiger partial charge in [-0.2, -0.15) is 5.10 Å². The summed E-state index contributed by atoms with van der Waals surface area (Å²) in [7, 11) is 0. The zero-order valence-electron chi connectivity index (χ0n) is 19.4. The summed E-state index contributed by atoms with van der Waals surface area (Å²) in [6, 6.07) is 18.2. The molecule has 4 aromatic rings. The Hall–Kier alpha value is -2.86. The average Bonchev–Trinajstić information content (AvgIpc) is 3.30. The number of hydrazone groups is 1. The van der Waals surface area contributed by atoms with E-state index in [1.54, 1.807) is 24.3 Å². The predicted molar refractivity (Wildman–Crippen MR) is 153 cm³/mol. The van der Waals surface area contributed by atoms with E-state index in [1.807, 2.05) is 47.9 Å². The van der Waals surface area contributed by atoms with Crippen molar-refractivity contribution in [2.75, 3.05) is 12.4 Å². The van der Waals surface area contributed by atoms with Gasteiger partial charge in [-0.1, -0.05) is 39.3 Å². The summed E-state index contributed by atoms with van der Waals surface area (Å²) in [4.78, 5) is 12.5. The fraction of sp³-hybridized carbons (Fsp3) is 0.120. The summed E-state index contributed by atoms with van der Waals surface area (Å²) >= 11 is 13.9. The Bertz CT molecular complexity index is 1430. The van der Waals surface area contributed by atoms with Crippen LogP contribution in [0.4, 0.5) is 0 Å². The van der Waals surface area contributed by atoms with Gasteiger partial charge < -0.3 is 9.84 Å². The maximum atomic E-state index is 12.5. The van der Waals surface area contributed by atoms with Crippen LogP contribution in [0.25, 0.3) is 17.1 Å². The molecule has 0 aliphatic carbocycles. The molecule has 190 valence electrons. The van der Waals surface area contributed by atoms with Crippen LogP contribution in [0.1, 0.15) is 12.5 Å². The molecule has 0 atom stereocenters. The van der Waals surface area contributed by atoms with Gasteiger partial charge in [0, 0.05) is 26.3 Å². The summed E-state index contributed by atoms with van der Waals surface area (Å²) in [5.41, 5.74) is 4.55. The summed E-state index contributed by atoms with van der Waals surface area (Å²) in [6.07, 6.45) is 1.37. The highest BCUT2D eigenvalue weighted by molar-refractivity contribution is 9.11. The molecule has 0 unspecified atom stereocenters. The minimum absolute atomic E-state index is 0.0220. The van der Waals surface area contributed by atoms with E-state index in [-0.39, 0.29) is 17.4 Å². The zero-order valence-corrected chi connectivity index (χ0v) is 24.1. The number of benzene rings is 3. The van der Waals surface area contributed by atoms with Crippen LogP contribution in [-0.2, 0) is 4.79 Å². The van der Waals surface area contributed by atoms with E-state index in [0.717, 1.165) is 21.5 Å². The van der Waals surface area contributed by atoms with Gasteiger partial charge in [-0.15, -0.1) is 10.2 Å². The number of aromatic hydroxyl groups is 1. The van der Waals surface area contributed by atoms with Crippen LogP contribution >= 0.6 is 55.2 Å². The third-order valence-electron chi connectivity index (χ3n) is 4.92. The second-order valence-electron chi connectivity index (χ2n) is 7.48. The second kappa shape index (κ2) is 12.6. The molecule has 8 nitrogen and oxygen atoms in total. The second-order valence-corrected chi connectivity index (χ2v) is 10.6. The lowest BCUT2D eigenvalue weighted by molar-refractivity contribution is -0.118. The van der Waals surface area contributed by atoms with Crippen LogP contribution in [0.2, 0.25) is 5.02 Å². The molecule has 0 fully saturated rings. The van der Waals surface area contributed by atoms with Crippen molar-refractivity contribution < 1.29 is 14.6 Å². The molecule has 4 rings (SSSR count). The number of aromatic nitrogens is 3. The molecule has 12 heteroatoms. The van der Waals surface area contributed by atoms with Crippen LogP contribution in [0, 0.1) is 0 Å². The van der Waals surface area contributed by atoms with Gasteiger partial charge in [0.2, 0.25) is 0 Å². The lowest BCUT2D eigenvalue weighted by Crippen LogP contribution is -2.20. The number of ether oxygens (including phenoxy) is 1. The van der Waals surface area contributed by atoms with Gasteiger partial charge in [-0.25, -0.2) is 5.43 Å². The average molecular weight is 666 g/mol. The Balaban J connectivity index is 1.52. The number of halogens is 3. The van der Waals surface area contributed by atoms with Crippen molar-refractivity contribution in [2.45, 2.75) is 12.1 Å². The lowest BCUT2D eigenvalue weighted by Gasteiger charge is -2.11.